The van der Waals surface area contributed by atoms with Crippen molar-refractivity contribution in [1.82, 2.24) is 0 Å². The molecule has 0 aromatic heterocycles. The highest BCUT2D eigenvalue weighted by Crippen LogP contribution is 2.41. The predicted molar refractivity (Wildman–Crippen MR) is 65.0 cm³/mol. The van der Waals surface area contributed by atoms with Crippen molar-refractivity contribution >= 4 is 5.97 Å². The summed E-state index contributed by atoms with van der Waals surface area (Å²) in [6, 6.07) is 7.99. The number of rotatable bonds is 4. The Morgan fingerprint density at radius 2 is 1.94 bits per heavy atom. The quantitative estimate of drug-likeness (QED) is 0.869. The fourth-order valence-corrected chi connectivity index (χ4v) is 2.71. The Hall–Kier alpha value is -1.35. The second kappa shape index (κ2) is 4.49. The maximum atomic E-state index is 11.6. The van der Waals surface area contributed by atoms with Gasteiger partial charge in [0.15, 0.2) is 0 Å². The summed E-state index contributed by atoms with van der Waals surface area (Å²) in [6.45, 7) is 1.92. The van der Waals surface area contributed by atoms with E-state index in [2.05, 4.69) is 0 Å². The number of benzene rings is 1. The first kappa shape index (κ1) is 12.1. The minimum atomic E-state index is -0.711. The Balaban J connectivity index is 2.26. The van der Waals surface area contributed by atoms with E-state index in [-0.39, 0.29) is 6.10 Å². The Morgan fingerprint density at radius 1 is 1.41 bits per heavy atom. The molecular weight excluding hydrogens is 216 g/mol. The summed E-state index contributed by atoms with van der Waals surface area (Å²) in [6.07, 6.45) is 1.77. The van der Waals surface area contributed by atoms with Crippen LogP contribution in [-0.2, 0) is 22.4 Å². The van der Waals surface area contributed by atoms with Crippen molar-refractivity contribution in [1.29, 1.82) is 0 Å². The number of aliphatic carboxylic acids is 1. The van der Waals surface area contributed by atoms with E-state index in [0.29, 0.717) is 19.3 Å². The zero-order chi connectivity index (χ0) is 12.5. The number of fused-ring (bicyclic) bond motifs is 1. The number of ether oxygens (including phenoxy) is 1. The molecule has 1 atom stereocenters. The van der Waals surface area contributed by atoms with E-state index < -0.39 is 11.4 Å². The van der Waals surface area contributed by atoms with Crippen molar-refractivity contribution in [2.45, 2.75) is 32.3 Å². The summed E-state index contributed by atoms with van der Waals surface area (Å²) >= 11 is 0. The Kier molecular flexibility index (Phi) is 3.20. The fraction of sp³-hybridized carbons (Fsp3) is 0.500. The smallest absolute Gasteiger partial charge is 0.310 e. The van der Waals surface area contributed by atoms with Gasteiger partial charge in [-0.3, -0.25) is 4.79 Å². The van der Waals surface area contributed by atoms with Crippen LogP contribution in [0.3, 0.4) is 0 Å². The molecule has 0 saturated carbocycles. The normalized spacial score (nSPS) is 18.7. The van der Waals surface area contributed by atoms with Crippen molar-refractivity contribution < 1.29 is 14.6 Å². The third-order valence-corrected chi connectivity index (χ3v) is 3.71. The van der Waals surface area contributed by atoms with Gasteiger partial charge < -0.3 is 9.84 Å². The van der Waals surface area contributed by atoms with Gasteiger partial charge in [0.1, 0.15) is 0 Å². The molecule has 0 amide bonds. The maximum Gasteiger partial charge on any atom is 0.310 e. The third-order valence-electron chi connectivity index (χ3n) is 3.71. The lowest BCUT2D eigenvalue weighted by Crippen LogP contribution is -2.35. The highest BCUT2D eigenvalue weighted by molar-refractivity contribution is 5.77. The van der Waals surface area contributed by atoms with Crippen LogP contribution in [0.15, 0.2) is 24.3 Å². The number of methoxy groups -OCH3 is 1. The summed E-state index contributed by atoms with van der Waals surface area (Å²) in [4.78, 5) is 11.6. The molecule has 0 bridgehead atoms. The van der Waals surface area contributed by atoms with Gasteiger partial charge in [0.2, 0.25) is 0 Å². The van der Waals surface area contributed by atoms with Crippen LogP contribution in [0.2, 0.25) is 0 Å². The van der Waals surface area contributed by atoms with Crippen molar-refractivity contribution in [3.63, 3.8) is 0 Å². The minimum Gasteiger partial charge on any atom is -0.481 e. The van der Waals surface area contributed by atoms with E-state index in [4.69, 9.17) is 4.74 Å². The molecule has 1 aromatic rings. The summed E-state index contributed by atoms with van der Waals surface area (Å²) in [7, 11) is 1.63. The molecule has 0 aliphatic heterocycles. The van der Waals surface area contributed by atoms with Gasteiger partial charge in [-0.05, 0) is 37.3 Å². The van der Waals surface area contributed by atoms with Gasteiger partial charge in [0, 0.05) is 7.11 Å². The molecular formula is C14H18O3. The molecule has 1 aromatic carbocycles. The molecule has 1 N–H and O–H groups in total. The van der Waals surface area contributed by atoms with Gasteiger partial charge in [-0.2, -0.15) is 0 Å². The van der Waals surface area contributed by atoms with E-state index >= 15 is 0 Å². The number of hydrogen-bond donors (Lipinski definition) is 1. The molecule has 1 unspecified atom stereocenters. The first-order valence-corrected chi connectivity index (χ1v) is 5.90. The average molecular weight is 234 g/mol. The van der Waals surface area contributed by atoms with Crippen LogP contribution in [0.1, 0.15) is 24.5 Å². The largest absolute Gasteiger partial charge is 0.481 e. The summed E-state index contributed by atoms with van der Waals surface area (Å²) in [5, 5.41) is 9.52. The van der Waals surface area contributed by atoms with Gasteiger partial charge >= 0.3 is 5.97 Å². The highest BCUT2D eigenvalue weighted by atomic mass is 16.5. The first-order valence-electron chi connectivity index (χ1n) is 5.90. The Morgan fingerprint density at radius 3 is 2.35 bits per heavy atom. The molecule has 1 aliphatic carbocycles. The Bertz CT molecular complexity index is 400. The van der Waals surface area contributed by atoms with Crippen LogP contribution in [0.5, 0.6) is 0 Å². The molecule has 92 valence electrons. The average Bonchev–Trinajstić information content (AvgIpc) is 2.68. The van der Waals surface area contributed by atoms with Crippen LogP contribution in [0.4, 0.5) is 0 Å². The summed E-state index contributed by atoms with van der Waals surface area (Å²) < 4.78 is 5.22. The van der Waals surface area contributed by atoms with E-state index in [0.717, 1.165) is 0 Å². The zero-order valence-electron chi connectivity index (χ0n) is 10.3. The topological polar surface area (TPSA) is 46.5 Å². The van der Waals surface area contributed by atoms with Crippen LogP contribution in [0, 0.1) is 5.41 Å². The summed E-state index contributed by atoms with van der Waals surface area (Å²) in [5.74, 6) is -0.711. The maximum absolute atomic E-state index is 11.6. The first-order chi connectivity index (χ1) is 8.07. The molecule has 0 heterocycles. The van der Waals surface area contributed by atoms with Gasteiger partial charge in [-0.15, -0.1) is 0 Å². The van der Waals surface area contributed by atoms with E-state index in [1.54, 1.807) is 7.11 Å². The van der Waals surface area contributed by atoms with Crippen LogP contribution in [-0.4, -0.2) is 24.3 Å². The van der Waals surface area contributed by atoms with Crippen molar-refractivity contribution in [3.05, 3.63) is 35.4 Å². The molecule has 0 saturated heterocycles. The Labute approximate surface area is 101 Å². The van der Waals surface area contributed by atoms with E-state index in [9.17, 15) is 9.90 Å². The van der Waals surface area contributed by atoms with E-state index in [1.807, 2.05) is 31.2 Å². The standard InChI is InChI=1S/C14H18O3/c1-10(17-2)7-14(13(15)16)8-11-5-3-4-6-12(11)9-14/h3-6,10H,7-9H2,1-2H3,(H,15,16). The SMILES string of the molecule is COC(C)CC1(C(=O)O)Cc2ccccc2C1. The highest BCUT2D eigenvalue weighted by Gasteiger charge is 2.44. The molecule has 2 rings (SSSR count). The number of carbonyl (C=O) groups is 1. The lowest BCUT2D eigenvalue weighted by molar-refractivity contribution is -0.150. The second-order valence-corrected chi connectivity index (χ2v) is 4.96. The lowest BCUT2D eigenvalue weighted by Gasteiger charge is -2.26. The predicted octanol–water partition coefficient (Wildman–Crippen LogP) is 2.28. The number of carboxylic acid groups (broad SMARTS) is 1. The lowest BCUT2D eigenvalue weighted by atomic mass is 9.79. The summed E-state index contributed by atoms with van der Waals surface area (Å²) in [5.41, 5.74) is 1.65. The number of hydrogen-bond acceptors (Lipinski definition) is 2. The minimum absolute atomic E-state index is 0.0274. The molecule has 17 heavy (non-hydrogen) atoms. The van der Waals surface area contributed by atoms with Crippen LogP contribution < -0.4 is 0 Å². The van der Waals surface area contributed by atoms with Gasteiger partial charge in [0.25, 0.3) is 0 Å². The van der Waals surface area contributed by atoms with Crippen LogP contribution in [0.25, 0.3) is 0 Å². The fourth-order valence-electron chi connectivity index (χ4n) is 2.71. The van der Waals surface area contributed by atoms with Gasteiger partial charge in [0.05, 0.1) is 11.5 Å². The number of carboxylic acids is 1. The second-order valence-electron chi connectivity index (χ2n) is 4.96. The zero-order valence-corrected chi connectivity index (χ0v) is 10.3. The molecule has 1 aliphatic rings. The third kappa shape index (κ3) is 2.20. The molecule has 0 radical (unpaired) electrons. The van der Waals surface area contributed by atoms with Crippen molar-refractivity contribution in [3.8, 4) is 0 Å². The van der Waals surface area contributed by atoms with Gasteiger partial charge in [-0.1, -0.05) is 24.3 Å². The van der Waals surface area contributed by atoms with Crippen LogP contribution >= 0.6 is 0 Å². The van der Waals surface area contributed by atoms with Gasteiger partial charge in [-0.25, -0.2) is 0 Å². The van der Waals surface area contributed by atoms with E-state index in [1.165, 1.54) is 11.1 Å². The molecule has 3 heteroatoms. The van der Waals surface area contributed by atoms with Crippen molar-refractivity contribution in [2.75, 3.05) is 7.11 Å². The molecule has 0 fully saturated rings. The molecule has 3 nitrogen and oxygen atoms in total. The molecule has 0 spiro atoms. The monoisotopic (exact) mass is 234 g/mol. The van der Waals surface area contributed by atoms with Crippen molar-refractivity contribution in [2.24, 2.45) is 5.41 Å².